The summed E-state index contributed by atoms with van der Waals surface area (Å²) in [4.78, 5) is 5.13. The van der Waals surface area contributed by atoms with Gasteiger partial charge in [0.2, 0.25) is 0 Å². The highest BCUT2D eigenvalue weighted by molar-refractivity contribution is 7.33. The van der Waals surface area contributed by atoms with Crippen LogP contribution in [0.15, 0.2) is 170 Å². The Bertz CT molecular complexity index is 3400. The molecule has 0 unspecified atom stereocenters. The number of hydrogen-bond acceptors (Lipinski definition) is 3. The van der Waals surface area contributed by atoms with E-state index in [2.05, 4.69) is 221 Å². The van der Waals surface area contributed by atoms with Gasteiger partial charge in [-0.05, 0) is 143 Å². The summed E-state index contributed by atoms with van der Waals surface area (Å²) in [6.45, 7) is 13.9. The number of hydrogen-bond donors (Lipinski definition) is 0. The van der Waals surface area contributed by atoms with Crippen molar-refractivity contribution < 1.29 is 0 Å². The third-order valence-electron chi connectivity index (χ3n) is 14.0. The molecule has 0 N–H and O–H groups in total. The molecule has 0 aliphatic carbocycles. The van der Waals surface area contributed by atoms with E-state index in [0.717, 1.165) is 5.69 Å². The second-order valence-electron chi connectivity index (χ2n) is 18.6. The highest BCUT2D eigenvalue weighted by Gasteiger charge is 2.45. The molecule has 10 aromatic rings. The second-order valence-corrected chi connectivity index (χ2v) is 19.7. The molecule has 0 bridgehead atoms. The van der Waals surface area contributed by atoms with Gasteiger partial charge in [0.05, 0.1) is 5.69 Å². The van der Waals surface area contributed by atoms with Crippen LogP contribution in [0.1, 0.15) is 76.0 Å². The van der Waals surface area contributed by atoms with E-state index < -0.39 is 0 Å². The van der Waals surface area contributed by atoms with Crippen molar-refractivity contribution in [3.05, 3.63) is 187 Å². The van der Waals surface area contributed by atoms with E-state index in [0.29, 0.717) is 17.8 Å². The van der Waals surface area contributed by atoms with Crippen molar-refractivity contribution >= 4 is 110 Å². The molecule has 0 saturated heterocycles. The van der Waals surface area contributed by atoms with E-state index in [1.165, 1.54) is 114 Å². The average molecular weight is 829 g/mol. The first-order chi connectivity index (χ1) is 30.7. The molecule has 0 spiro atoms. The lowest BCUT2D eigenvalue weighted by Gasteiger charge is -2.43. The van der Waals surface area contributed by atoms with Crippen molar-refractivity contribution in [1.29, 1.82) is 0 Å². The molecule has 0 saturated carbocycles. The number of nitrogens with zero attached hydrogens (tertiary/aromatic N) is 2. The van der Waals surface area contributed by atoms with Gasteiger partial charge in [0.1, 0.15) is 0 Å². The summed E-state index contributed by atoms with van der Waals surface area (Å²) in [5.74, 6) is 1.31. The minimum atomic E-state index is 0.0975. The van der Waals surface area contributed by atoms with Gasteiger partial charge in [-0.15, -0.1) is 11.3 Å². The molecule has 12 rings (SSSR count). The fraction of sp³-hybridized carbons (Fsp3) is 0.153. The zero-order chi connectivity index (χ0) is 42.7. The summed E-state index contributed by atoms with van der Waals surface area (Å²) >= 11 is 1.98. The highest BCUT2D eigenvalue weighted by atomic mass is 32.1. The van der Waals surface area contributed by atoms with Crippen molar-refractivity contribution in [1.82, 2.24) is 0 Å². The Morgan fingerprint density at radius 1 is 0.429 bits per heavy atom. The molecule has 0 fully saturated rings. The molecule has 0 amide bonds. The van der Waals surface area contributed by atoms with Crippen LogP contribution in [0.2, 0.25) is 0 Å². The minimum absolute atomic E-state index is 0.0975. The summed E-state index contributed by atoms with van der Waals surface area (Å²) in [5, 5.41) is 9.14. The Labute approximate surface area is 375 Å². The largest absolute Gasteiger partial charge is 0.311 e. The van der Waals surface area contributed by atoms with Gasteiger partial charge in [0, 0.05) is 43.3 Å². The maximum absolute atomic E-state index is 2.59. The van der Waals surface area contributed by atoms with Crippen LogP contribution >= 0.6 is 11.3 Å². The Morgan fingerprint density at radius 2 is 0.952 bits per heavy atom. The van der Waals surface area contributed by atoms with Crippen LogP contribution in [0.3, 0.4) is 0 Å². The maximum atomic E-state index is 2.59. The Morgan fingerprint density at radius 3 is 1.62 bits per heavy atom. The van der Waals surface area contributed by atoms with Crippen LogP contribution in [-0.2, 0) is 0 Å². The topological polar surface area (TPSA) is 6.48 Å². The van der Waals surface area contributed by atoms with Crippen molar-refractivity contribution in [2.75, 3.05) is 9.80 Å². The summed E-state index contributed by atoms with van der Waals surface area (Å²) < 4.78 is 2.77. The van der Waals surface area contributed by atoms with Gasteiger partial charge in [-0.25, -0.2) is 0 Å². The Kier molecular flexibility index (Phi) is 8.75. The predicted molar refractivity (Wildman–Crippen MR) is 276 cm³/mol. The van der Waals surface area contributed by atoms with E-state index in [1.807, 2.05) is 11.3 Å². The van der Waals surface area contributed by atoms with Gasteiger partial charge in [-0.1, -0.05) is 157 Å². The molecule has 304 valence electrons. The molecule has 3 heterocycles. The molecule has 1 aromatic heterocycles. The number of benzene rings is 9. The van der Waals surface area contributed by atoms with Crippen LogP contribution in [0.5, 0.6) is 0 Å². The van der Waals surface area contributed by atoms with Gasteiger partial charge in [-0.3, -0.25) is 0 Å². The van der Waals surface area contributed by atoms with Crippen LogP contribution in [0.25, 0.3) is 53.5 Å². The number of rotatable bonds is 6. The van der Waals surface area contributed by atoms with Crippen molar-refractivity contribution in [2.45, 2.75) is 59.3 Å². The summed E-state index contributed by atoms with van der Waals surface area (Å²) in [5.41, 5.74) is 16.8. The molecular formula is C59H49BN2S. The molecule has 2 aliphatic heterocycles. The molecule has 0 radical (unpaired) electrons. The Balaban J connectivity index is 1.08. The van der Waals surface area contributed by atoms with E-state index in [1.54, 1.807) is 0 Å². The van der Waals surface area contributed by atoms with E-state index in [-0.39, 0.29) is 6.71 Å². The fourth-order valence-corrected chi connectivity index (χ4v) is 12.0. The van der Waals surface area contributed by atoms with Crippen molar-refractivity contribution in [3.8, 4) is 11.1 Å². The average Bonchev–Trinajstić information content (AvgIpc) is 3.70. The maximum Gasteiger partial charge on any atom is 0.264 e. The monoisotopic (exact) mass is 828 g/mol. The standard InChI is InChI=1S/C59H49BN2S/c1-35(2)38-21-27-43(28-22-38)62-54-20-12-19-53-57(54)60(59-58(62)50-33-40(36(3)4)26-32-55(50)63-59)51-34-41(37(5)6)25-31-52(51)61(53)42-29-23-39(24-30-42)44-17-11-18-49-47-14-8-7-13-45(47)46-15-9-10-16-48(46)56(44)49/h7-37H,1-6H3. The summed E-state index contributed by atoms with van der Waals surface area (Å²) in [7, 11) is 0. The molecule has 9 aromatic carbocycles. The normalized spacial score (nSPS) is 13.3. The fourth-order valence-electron chi connectivity index (χ4n) is 10.7. The van der Waals surface area contributed by atoms with Gasteiger partial charge in [-0.2, -0.15) is 0 Å². The predicted octanol–water partition coefficient (Wildman–Crippen LogP) is 15.5. The zero-order valence-electron chi connectivity index (χ0n) is 36.8. The van der Waals surface area contributed by atoms with Crippen molar-refractivity contribution in [3.63, 3.8) is 0 Å². The van der Waals surface area contributed by atoms with E-state index in [4.69, 9.17) is 0 Å². The van der Waals surface area contributed by atoms with E-state index in [9.17, 15) is 0 Å². The van der Waals surface area contributed by atoms with Gasteiger partial charge in [0.15, 0.2) is 0 Å². The first-order valence-corrected chi connectivity index (χ1v) is 23.5. The van der Waals surface area contributed by atoms with Crippen LogP contribution in [-0.4, -0.2) is 6.71 Å². The molecule has 0 atom stereocenters. The first kappa shape index (κ1) is 38.1. The molecule has 2 aliphatic rings. The first-order valence-electron chi connectivity index (χ1n) is 22.7. The lowest BCUT2D eigenvalue weighted by atomic mass is 9.36. The van der Waals surface area contributed by atoms with Crippen LogP contribution in [0, 0.1) is 0 Å². The molecule has 63 heavy (non-hydrogen) atoms. The number of thiophene rings is 1. The summed E-state index contributed by atoms with van der Waals surface area (Å²) in [6.07, 6.45) is 0. The lowest BCUT2D eigenvalue weighted by Crippen LogP contribution is -2.60. The second kappa shape index (κ2) is 14.5. The van der Waals surface area contributed by atoms with Gasteiger partial charge in [0.25, 0.3) is 6.71 Å². The molecule has 4 heteroatoms. The Hall–Kier alpha value is -6.62. The van der Waals surface area contributed by atoms with E-state index >= 15 is 0 Å². The van der Waals surface area contributed by atoms with Crippen LogP contribution in [0.4, 0.5) is 34.1 Å². The lowest BCUT2D eigenvalue weighted by molar-refractivity contribution is 0.866. The third-order valence-corrected chi connectivity index (χ3v) is 15.2. The molecular weight excluding hydrogens is 780 g/mol. The molecule has 2 nitrogen and oxygen atoms in total. The van der Waals surface area contributed by atoms with Gasteiger partial charge >= 0.3 is 0 Å². The van der Waals surface area contributed by atoms with Crippen LogP contribution < -0.4 is 25.5 Å². The quantitative estimate of drug-likeness (QED) is 0.122. The van der Waals surface area contributed by atoms with Crippen molar-refractivity contribution in [2.24, 2.45) is 0 Å². The summed E-state index contributed by atoms with van der Waals surface area (Å²) in [6, 6.07) is 64.8. The SMILES string of the molecule is CC(C)c1ccc(N2c3cccc4c3B(c3cc(C(C)C)ccc3N4c3ccc(-c4cccc5c6ccccc6c6ccccc6c45)cc3)c3sc4ccc(C(C)C)cc4c32)cc1. The highest BCUT2D eigenvalue weighted by Crippen LogP contribution is 2.49. The number of fused-ring (bicyclic) bond motifs is 12. The van der Waals surface area contributed by atoms with Gasteiger partial charge < -0.3 is 9.80 Å². The smallest absolute Gasteiger partial charge is 0.264 e. The minimum Gasteiger partial charge on any atom is -0.311 e. The zero-order valence-corrected chi connectivity index (χ0v) is 37.6. The number of anilines is 6. The third kappa shape index (κ3) is 5.77.